The molecule has 1 fully saturated rings. The number of hydrogen-bond donors (Lipinski definition) is 4. The van der Waals surface area contributed by atoms with Crippen LogP contribution in [0.25, 0.3) is 0 Å². The summed E-state index contributed by atoms with van der Waals surface area (Å²) in [6.45, 7) is 3.44. The quantitative estimate of drug-likeness (QED) is 0.0307. The Kier molecular flexibility index (Phi) is 38.8. The van der Waals surface area contributed by atoms with Crippen molar-refractivity contribution in [2.75, 3.05) is 6.61 Å². The van der Waals surface area contributed by atoms with Gasteiger partial charge in [-0.3, -0.25) is 23.2 Å². The Hall–Kier alpha value is 1.08. The van der Waals surface area contributed by atoms with E-state index in [2.05, 4.69) is 23.7 Å². The molecule has 0 bridgehead atoms. The molecule has 18 heteroatoms. The number of phosphoric ester groups is 2. The average Bonchev–Trinajstić information content (AvgIpc) is 3.10. The van der Waals surface area contributed by atoms with Crippen LogP contribution >= 0.6 is 15.6 Å². The summed E-state index contributed by atoms with van der Waals surface area (Å²) in [7, 11) is -11.1. The second-order valence-corrected chi connectivity index (χ2v) is 17.2. The van der Waals surface area contributed by atoms with Crippen LogP contribution in [-0.2, 0) is 37.2 Å². The van der Waals surface area contributed by atoms with Gasteiger partial charge in [-0.2, -0.15) is 0 Å². The molecule has 1 aliphatic heterocycles. The predicted octanol–water partition coefficient (Wildman–Crippen LogP) is 1.39. The van der Waals surface area contributed by atoms with Crippen LogP contribution in [-0.4, -0.2) is 64.0 Å². The van der Waals surface area contributed by atoms with E-state index in [1.165, 1.54) is 103 Å². The molecule has 0 aromatic carbocycles. The molecule has 0 radical (unpaired) electrons. The normalized spacial score (nSPS) is 21.6. The second kappa shape index (κ2) is 36.7. The fraction of sp³-hybridized carbons (Fsp3) is 0.947. The van der Waals surface area contributed by atoms with Crippen LogP contribution < -0.4 is 74.2 Å². The Balaban J connectivity index is 0. The van der Waals surface area contributed by atoms with E-state index in [1.54, 1.807) is 0 Å². The number of carbonyl (C=O) groups is 2. The monoisotopic (exact) mass is 859 g/mol. The number of aliphatic hydroxyl groups excluding tert-OH is 1. The number of esters is 1. The number of carbonyl (C=O) groups excluding carboxylic acids is 2. The Morgan fingerprint density at radius 3 is 1.30 bits per heavy atom. The minimum Gasteiger partial charge on any atom is -0.756 e. The van der Waals surface area contributed by atoms with Gasteiger partial charge in [-0.1, -0.05) is 168 Å². The topological polar surface area (TPSA) is 224 Å². The fourth-order valence-electron chi connectivity index (χ4n) is 6.91. The van der Waals surface area contributed by atoms with E-state index in [0.717, 1.165) is 51.4 Å². The van der Waals surface area contributed by atoms with Gasteiger partial charge in [0.2, 0.25) is 5.91 Å². The zero-order chi connectivity index (χ0) is 40.1. The van der Waals surface area contributed by atoms with Crippen molar-refractivity contribution in [1.29, 1.82) is 0 Å². The molecule has 1 aliphatic rings. The molecule has 14 nitrogen and oxygen atoms in total. The SMILES string of the molecule is CCCCCCCCCCCCCCCC(=O)N[C@H]1[C@@H](OP(=O)([O-])O)O[C@H](CO)[C@@H](OP(=O)([O-])O)[C@@H]1OC(=O)CCCCCCCCCCCCCCC.[Na+].[Na+]. The average molecular weight is 860 g/mol. The third-order valence-corrected chi connectivity index (χ3v) is 10.9. The second-order valence-electron chi connectivity index (χ2n) is 14.9. The van der Waals surface area contributed by atoms with E-state index in [0.29, 0.717) is 12.8 Å². The molecule has 4 N–H and O–H groups in total. The first-order valence-corrected chi connectivity index (χ1v) is 24.0. The van der Waals surface area contributed by atoms with Gasteiger partial charge in [-0.05, 0) is 12.8 Å². The van der Waals surface area contributed by atoms with E-state index < -0.39 is 64.8 Å². The van der Waals surface area contributed by atoms with Crippen LogP contribution in [0.5, 0.6) is 0 Å². The minimum atomic E-state index is -5.53. The molecular weight excluding hydrogens is 786 g/mol. The zero-order valence-electron chi connectivity index (χ0n) is 35.2. The van der Waals surface area contributed by atoms with E-state index in [-0.39, 0.29) is 72.0 Å². The first kappa shape index (κ1) is 59.2. The Morgan fingerprint density at radius 1 is 0.589 bits per heavy atom. The number of nitrogens with one attached hydrogen (secondary N) is 1. The Labute approximate surface area is 381 Å². The summed E-state index contributed by atoms with van der Waals surface area (Å²) in [6.07, 6.45) is 21.2. The number of ether oxygens (including phenoxy) is 2. The van der Waals surface area contributed by atoms with Crippen molar-refractivity contribution in [2.45, 2.75) is 224 Å². The van der Waals surface area contributed by atoms with Crippen LogP contribution in [0.2, 0.25) is 0 Å². The van der Waals surface area contributed by atoms with Crippen molar-refractivity contribution < 1.29 is 121 Å². The van der Waals surface area contributed by atoms with E-state index in [4.69, 9.17) is 14.0 Å². The Morgan fingerprint density at radius 2 is 0.946 bits per heavy atom. The maximum Gasteiger partial charge on any atom is 1.00 e. The first-order chi connectivity index (χ1) is 25.8. The van der Waals surface area contributed by atoms with Gasteiger partial charge in [0.25, 0.3) is 15.6 Å². The van der Waals surface area contributed by atoms with Crippen LogP contribution in [0.4, 0.5) is 0 Å². The number of hydrogen-bond acceptors (Lipinski definition) is 11. The van der Waals surface area contributed by atoms with E-state index in [1.807, 2.05) is 0 Å². The fourth-order valence-corrected chi connectivity index (χ4v) is 7.91. The molecule has 1 saturated heterocycles. The van der Waals surface area contributed by atoms with Gasteiger partial charge in [0.15, 0.2) is 12.4 Å². The van der Waals surface area contributed by atoms with Gasteiger partial charge in [-0.25, -0.2) is 0 Å². The van der Waals surface area contributed by atoms with Gasteiger partial charge < -0.3 is 44.0 Å². The van der Waals surface area contributed by atoms with Crippen LogP contribution in [0.3, 0.4) is 0 Å². The smallest absolute Gasteiger partial charge is 0.756 e. The number of aliphatic hydroxyl groups is 1. The van der Waals surface area contributed by atoms with Crippen molar-refractivity contribution in [3.05, 3.63) is 0 Å². The van der Waals surface area contributed by atoms with Crippen LogP contribution in [0, 0.1) is 0 Å². The van der Waals surface area contributed by atoms with Crippen molar-refractivity contribution in [3.8, 4) is 0 Å². The van der Waals surface area contributed by atoms with E-state index in [9.17, 15) is 43.4 Å². The molecule has 1 heterocycles. The first-order valence-electron chi connectivity index (χ1n) is 21.0. The molecular formula is C38H73NNa2O13P2. The molecule has 7 atom stereocenters. The Bertz CT molecular complexity index is 1070. The van der Waals surface area contributed by atoms with Crippen molar-refractivity contribution in [1.82, 2.24) is 5.32 Å². The summed E-state index contributed by atoms with van der Waals surface area (Å²) in [4.78, 5) is 68.7. The number of rotatable bonds is 35. The maximum absolute atomic E-state index is 13.1. The number of phosphoric acid groups is 2. The number of unbranched alkanes of at least 4 members (excludes halogenated alkanes) is 24. The van der Waals surface area contributed by atoms with Gasteiger partial charge in [0.1, 0.15) is 18.2 Å². The molecule has 2 unspecified atom stereocenters. The summed E-state index contributed by atoms with van der Waals surface area (Å²) in [5, 5.41) is 12.4. The predicted molar refractivity (Wildman–Crippen MR) is 204 cm³/mol. The summed E-state index contributed by atoms with van der Waals surface area (Å²) >= 11 is 0. The zero-order valence-corrected chi connectivity index (χ0v) is 41.0. The molecule has 0 spiro atoms. The summed E-state index contributed by atoms with van der Waals surface area (Å²) in [5.74, 6) is -1.41. The van der Waals surface area contributed by atoms with Gasteiger partial charge >= 0.3 is 65.1 Å². The molecule has 56 heavy (non-hydrogen) atoms. The number of amides is 1. The summed E-state index contributed by atoms with van der Waals surface area (Å²) in [5.41, 5.74) is 0. The third-order valence-electron chi connectivity index (χ3n) is 9.91. The van der Waals surface area contributed by atoms with Crippen molar-refractivity contribution in [2.24, 2.45) is 0 Å². The van der Waals surface area contributed by atoms with Gasteiger partial charge in [0, 0.05) is 12.8 Å². The minimum absolute atomic E-state index is 0. The van der Waals surface area contributed by atoms with E-state index >= 15 is 0 Å². The molecule has 0 aromatic heterocycles. The largest absolute Gasteiger partial charge is 1.00 e. The van der Waals surface area contributed by atoms with Crippen molar-refractivity contribution >= 4 is 27.5 Å². The summed E-state index contributed by atoms with van der Waals surface area (Å²) < 4.78 is 44.0. The van der Waals surface area contributed by atoms with Gasteiger partial charge in [0.05, 0.1) is 6.61 Å². The molecule has 320 valence electrons. The maximum atomic E-state index is 13.1. The molecule has 1 rings (SSSR count). The van der Waals surface area contributed by atoms with Crippen molar-refractivity contribution in [3.63, 3.8) is 0 Å². The van der Waals surface area contributed by atoms with Crippen LogP contribution in [0.1, 0.15) is 194 Å². The molecule has 0 aromatic rings. The molecule has 1 amide bonds. The summed E-state index contributed by atoms with van der Waals surface area (Å²) in [6, 6.07) is -1.69. The standard InChI is InChI=1S/C38H75NO13P2.2Na/c1-3-5-7-9-11-13-15-17-19-21-23-25-27-29-33(41)39-35-37(36(51-53(43,44)45)32(31-40)49-38(35)52-54(46,47)48)50-34(42)30-28-26-24-22-20-18-16-14-12-10-8-6-4-2;;/h32,35-38,40H,3-31H2,1-2H3,(H,39,41)(H2,43,44,45)(H2,46,47,48);;/q;2*+1/p-2/t32-,35-,36-,37-,38-;;/m1../s1. The third kappa shape index (κ3) is 31.9. The molecule has 0 aliphatic carbocycles. The molecule has 0 saturated carbocycles. The van der Waals surface area contributed by atoms with Crippen LogP contribution in [0.15, 0.2) is 0 Å². The van der Waals surface area contributed by atoms with Gasteiger partial charge in [-0.15, -0.1) is 0 Å².